The van der Waals surface area contributed by atoms with Crippen molar-refractivity contribution < 1.29 is 9.21 Å². The summed E-state index contributed by atoms with van der Waals surface area (Å²) in [5, 5.41) is 4.39. The zero-order valence-corrected chi connectivity index (χ0v) is 14.5. The largest absolute Gasteiger partial charge is 0.460 e. The van der Waals surface area contributed by atoms with Crippen molar-refractivity contribution in [2.24, 2.45) is 7.05 Å². The monoisotopic (exact) mass is 338 g/mol. The van der Waals surface area contributed by atoms with Crippen LogP contribution >= 0.6 is 0 Å². The second-order valence-corrected chi connectivity index (χ2v) is 6.56. The number of nitrogens with one attached hydrogen (secondary N) is 1. The molecule has 1 amide bonds. The molecule has 1 aliphatic rings. The molecule has 1 aliphatic heterocycles. The Kier molecular flexibility index (Phi) is 4.05. The van der Waals surface area contributed by atoms with Crippen LogP contribution in [0.4, 0.5) is 0 Å². The second-order valence-electron chi connectivity index (χ2n) is 6.56. The van der Waals surface area contributed by atoms with E-state index in [0.717, 1.165) is 23.3 Å². The lowest BCUT2D eigenvalue weighted by Gasteiger charge is -2.37. The van der Waals surface area contributed by atoms with Gasteiger partial charge in [0.2, 0.25) is 5.91 Å². The van der Waals surface area contributed by atoms with Crippen LogP contribution in [0.1, 0.15) is 30.5 Å². The number of aromatic nitrogens is 2. The number of carbonyl (C=O) groups is 1. The van der Waals surface area contributed by atoms with E-state index >= 15 is 0 Å². The van der Waals surface area contributed by atoms with Crippen LogP contribution in [0.25, 0.3) is 11.0 Å². The van der Waals surface area contributed by atoms with Gasteiger partial charge in [0.05, 0.1) is 5.92 Å². The van der Waals surface area contributed by atoms with Crippen molar-refractivity contribution in [3.8, 4) is 0 Å². The van der Waals surface area contributed by atoms with Gasteiger partial charge in [-0.2, -0.15) is 0 Å². The Balaban J connectivity index is 1.62. The molecule has 2 unspecified atom stereocenters. The fraction of sp³-hybridized carbons (Fsp3) is 0.368. The Hall–Kier alpha value is -2.60. The van der Waals surface area contributed by atoms with Gasteiger partial charge in [0.1, 0.15) is 23.2 Å². The molecule has 2 aromatic heterocycles. The van der Waals surface area contributed by atoms with Gasteiger partial charge in [0.25, 0.3) is 0 Å². The Morgan fingerprint density at radius 2 is 2.24 bits per heavy atom. The molecule has 0 spiro atoms. The molecule has 0 aliphatic carbocycles. The first kappa shape index (κ1) is 15.9. The Labute approximate surface area is 146 Å². The van der Waals surface area contributed by atoms with Crippen LogP contribution in [-0.2, 0) is 11.8 Å². The minimum absolute atomic E-state index is 0.0620. The van der Waals surface area contributed by atoms with Crippen molar-refractivity contribution in [3.05, 3.63) is 54.3 Å². The molecule has 6 nitrogen and oxygen atoms in total. The molecular weight excluding hydrogens is 316 g/mol. The number of piperazine rings is 1. The Morgan fingerprint density at radius 1 is 1.40 bits per heavy atom. The number of imidazole rings is 1. The van der Waals surface area contributed by atoms with Crippen molar-refractivity contribution in [1.82, 2.24) is 19.8 Å². The molecule has 25 heavy (non-hydrogen) atoms. The summed E-state index contributed by atoms with van der Waals surface area (Å²) in [4.78, 5) is 19.6. The number of carbonyl (C=O) groups excluding carboxylic acids is 1. The molecule has 2 atom stereocenters. The summed E-state index contributed by atoms with van der Waals surface area (Å²) in [6.07, 6.45) is 3.69. The lowest BCUT2D eigenvalue weighted by Crippen LogP contribution is -2.50. The molecule has 130 valence electrons. The molecule has 1 saturated heterocycles. The van der Waals surface area contributed by atoms with E-state index in [1.54, 1.807) is 6.20 Å². The molecule has 4 rings (SSSR count). The van der Waals surface area contributed by atoms with Crippen LogP contribution in [0.5, 0.6) is 0 Å². The number of hydrogen-bond acceptors (Lipinski definition) is 4. The first-order chi connectivity index (χ1) is 12.1. The van der Waals surface area contributed by atoms with Crippen LogP contribution < -0.4 is 5.32 Å². The Morgan fingerprint density at radius 3 is 3.00 bits per heavy atom. The fourth-order valence-electron chi connectivity index (χ4n) is 3.48. The zero-order valence-electron chi connectivity index (χ0n) is 14.5. The molecule has 1 N–H and O–H groups in total. The third kappa shape index (κ3) is 2.82. The highest BCUT2D eigenvalue weighted by Crippen LogP contribution is 2.29. The van der Waals surface area contributed by atoms with Crippen molar-refractivity contribution in [2.75, 3.05) is 19.6 Å². The smallest absolute Gasteiger partial charge is 0.233 e. The molecule has 0 bridgehead atoms. The van der Waals surface area contributed by atoms with Crippen LogP contribution in [0.15, 0.2) is 47.1 Å². The average Bonchev–Trinajstić information content (AvgIpc) is 3.26. The molecule has 3 heterocycles. The molecule has 3 aromatic rings. The number of rotatable bonds is 3. The predicted octanol–water partition coefficient (Wildman–Crippen LogP) is 2.44. The summed E-state index contributed by atoms with van der Waals surface area (Å²) in [6, 6.07) is 9.75. The van der Waals surface area contributed by atoms with Gasteiger partial charge in [0.15, 0.2) is 0 Å². The quantitative estimate of drug-likeness (QED) is 0.797. The minimum atomic E-state index is -0.326. The highest BCUT2D eigenvalue weighted by Gasteiger charge is 2.34. The van der Waals surface area contributed by atoms with E-state index < -0.39 is 0 Å². The summed E-state index contributed by atoms with van der Waals surface area (Å²) in [5.41, 5.74) is 0.818. The van der Waals surface area contributed by atoms with E-state index in [1.165, 1.54) is 0 Å². The summed E-state index contributed by atoms with van der Waals surface area (Å²) in [5.74, 6) is 1.36. The molecular formula is C19H22N4O2. The molecule has 1 aromatic carbocycles. The maximum absolute atomic E-state index is 13.2. The van der Waals surface area contributed by atoms with Crippen molar-refractivity contribution in [3.63, 3.8) is 0 Å². The van der Waals surface area contributed by atoms with Crippen LogP contribution in [0.3, 0.4) is 0 Å². The van der Waals surface area contributed by atoms with Gasteiger partial charge >= 0.3 is 0 Å². The normalized spacial score (nSPS) is 19.3. The summed E-state index contributed by atoms with van der Waals surface area (Å²) >= 11 is 0. The number of benzene rings is 1. The van der Waals surface area contributed by atoms with E-state index in [9.17, 15) is 4.79 Å². The van der Waals surface area contributed by atoms with Gasteiger partial charge in [-0.25, -0.2) is 4.98 Å². The lowest BCUT2D eigenvalue weighted by atomic mass is 10.0. The molecule has 6 heteroatoms. The SMILES string of the molecule is CC(C(=O)N1CCNCC1c1nccn1C)c1cc2ccccc2o1. The van der Waals surface area contributed by atoms with Crippen LogP contribution in [0, 0.1) is 0 Å². The van der Waals surface area contributed by atoms with E-state index in [2.05, 4.69) is 10.3 Å². The average molecular weight is 338 g/mol. The molecule has 0 radical (unpaired) electrons. The van der Waals surface area contributed by atoms with Crippen LogP contribution in [0.2, 0.25) is 0 Å². The van der Waals surface area contributed by atoms with E-state index in [-0.39, 0.29) is 17.9 Å². The zero-order chi connectivity index (χ0) is 17.4. The van der Waals surface area contributed by atoms with Crippen LogP contribution in [-0.4, -0.2) is 40.0 Å². The van der Waals surface area contributed by atoms with Gasteiger partial charge in [-0.3, -0.25) is 4.79 Å². The number of aryl methyl sites for hydroxylation is 1. The van der Waals surface area contributed by atoms with Gasteiger partial charge in [-0.15, -0.1) is 0 Å². The highest BCUT2D eigenvalue weighted by molar-refractivity contribution is 5.85. The number of para-hydroxylation sites is 1. The van der Waals surface area contributed by atoms with Crippen molar-refractivity contribution >= 4 is 16.9 Å². The van der Waals surface area contributed by atoms with E-state index in [1.807, 2.05) is 60.0 Å². The first-order valence-corrected chi connectivity index (χ1v) is 8.62. The lowest BCUT2D eigenvalue weighted by molar-refractivity contribution is -0.136. The van der Waals surface area contributed by atoms with Crippen molar-refractivity contribution in [2.45, 2.75) is 18.9 Å². The number of hydrogen-bond donors (Lipinski definition) is 1. The number of fused-ring (bicyclic) bond motifs is 1. The van der Waals surface area contributed by atoms with Crippen molar-refractivity contribution in [1.29, 1.82) is 0 Å². The summed E-state index contributed by atoms with van der Waals surface area (Å²) < 4.78 is 7.88. The third-order valence-electron chi connectivity index (χ3n) is 4.92. The topological polar surface area (TPSA) is 63.3 Å². The minimum Gasteiger partial charge on any atom is -0.460 e. The first-order valence-electron chi connectivity index (χ1n) is 8.62. The highest BCUT2D eigenvalue weighted by atomic mass is 16.3. The van der Waals surface area contributed by atoms with Gasteiger partial charge < -0.3 is 19.2 Å². The number of nitrogens with zero attached hydrogens (tertiary/aromatic N) is 3. The third-order valence-corrected chi connectivity index (χ3v) is 4.92. The number of furan rings is 1. The predicted molar refractivity (Wildman–Crippen MR) is 95.2 cm³/mol. The standard InChI is InChI=1S/C19H22N4O2/c1-13(17-11-14-5-3-4-6-16(14)25-17)19(24)23-10-7-20-12-15(23)18-21-8-9-22(18)2/h3-6,8-9,11,13,15,20H,7,10,12H2,1-2H3. The second kappa shape index (κ2) is 6.37. The Bertz CT molecular complexity index is 865. The maximum Gasteiger partial charge on any atom is 0.233 e. The summed E-state index contributed by atoms with van der Waals surface area (Å²) in [6.45, 7) is 4.08. The molecule has 1 fully saturated rings. The fourth-order valence-corrected chi connectivity index (χ4v) is 3.48. The van der Waals surface area contributed by atoms with Gasteiger partial charge in [-0.05, 0) is 19.1 Å². The molecule has 0 saturated carbocycles. The van der Waals surface area contributed by atoms with Gasteiger partial charge in [-0.1, -0.05) is 18.2 Å². The van der Waals surface area contributed by atoms with E-state index in [4.69, 9.17) is 4.42 Å². The van der Waals surface area contributed by atoms with Gasteiger partial charge in [0, 0.05) is 44.5 Å². The summed E-state index contributed by atoms with van der Waals surface area (Å²) in [7, 11) is 1.96. The van der Waals surface area contributed by atoms with E-state index in [0.29, 0.717) is 18.8 Å². The maximum atomic E-state index is 13.2. The number of amides is 1.